The van der Waals surface area contributed by atoms with E-state index in [-0.39, 0.29) is 5.91 Å². The fraction of sp³-hybridized carbons (Fsp3) is 0.0476. The second-order valence-corrected chi connectivity index (χ2v) is 7.78. The molecular weight excluding hydrogens is 408 g/mol. The molecule has 2 N–H and O–H groups in total. The van der Waals surface area contributed by atoms with Gasteiger partial charge >= 0.3 is 0 Å². The standard InChI is InChI=1S/C21H16N2O4S2/c1-26-16-8-6-15(7-9-16)23-20(24)19(29-21(23)28)12-17-10-11-18(27-17)13-2-4-14(22-25)5-3-13/h2-12,22,25H,1H3/b19-12+. The number of nitrogens with zero attached hydrogens (tertiary/aromatic N) is 1. The van der Waals surface area contributed by atoms with E-state index in [1.54, 1.807) is 55.7 Å². The van der Waals surface area contributed by atoms with E-state index < -0.39 is 0 Å². The second-order valence-electron chi connectivity index (χ2n) is 6.11. The van der Waals surface area contributed by atoms with Crippen molar-refractivity contribution in [3.8, 4) is 17.1 Å². The Morgan fingerprint density at radius 1 is 1.10 bits per heavy atom. The third-order valence-electron chi connectivity index (χ3n) is 4.32. The smallest absolute Gasteiger partial charge is 0.270 e. The number of thioether (sulfide) groups is 1. The number of hydrogen-bond donors (Lipinski definition) is 2. The largest absolute Gasteiger partial charge is 0.497 e. The van der Waals surface area contributed by atoms with Crippen LogP contribution in [0, 0.1) is 0 Å². The minimum atomic E-state index is -0.193. The van der Waals surface area contributed by atoms with Crippen molar-refractivity contribution in [1.82, 2.24) is 0 Å². The van der Waals surface area contributed by atoms with Gasteiger partial charge in [0, 0.05) is 11.6 Å². The molecule has 2 heterocycles. The number of carbonyl (C=O) groups excluding carboxylic acids is 1. The van der Waals surface area contributed by atoms with Crippen molar-refractivity contribution in [2.45, 2.75) is 0 Å². The third-order valence-corrected chi connectivity index (χ3v) is 5.63. The van der Waals surface area contributed by atoms with Crippen LogP contribution in [0.25, 0.3) is 17.4 Å². The highest BCUT2D eigenvalue weighted by Gasteiger charge is 2.33. The van der Waals surface area contributed by atoms with E-state index in [4.69, 9.17) is 26.6 Å². The maximum Gasteiger partial charge on any atom is 0.270 e. The molecule has 1 aliphatic rings. The van der Waals surface area contributed by atoms with Crippen molar-refractivity contribution in [2.75, 3.05) is 17.5 Å². The normalized spacial score (nSPS) is 15.2. The zero-order valence-electron chi connectivity index (χ0n) is 15.3. The number of ether oxygens (including phenoxy) is 1. The van der Waals surface area contributed by atoms with Crippen molar-refractivity contribution in [3.63, 3.8) is 0 Å². The molecule has 3 aromatic rings. The summed E-state index contributed by atoms with van der Waals surface area (Å²) in [5.74, 6) is 1.73. The molecule has 6 nitrogen and oxygen atoms in total. The first-order valence-electron chi connectivity index (χ1n) is 8.61. The number of amides is 1. The average molecular weight is 425 g/mol. The summed E-state index contributed by atoms with van der Waals surface area (Å²) in [5, 5.41) is 8.90. The van der Waals surface area contributed by atoms with E-state index in [0.29, 0.717) is 37.9 Å². The zero-order valence-corrected chi connectivity index (χ0v) is 16.9. The lowest BCUT2D eigenvalue weighted by atomic mass is 10.1. The van der Waals surface area contributed by atoms with Gasteiger partial charge in [-0.15, -0.1) is 0 Å². The number of furan rings is 1. The molecule has 0 bridgehead atoms. The minimum Gasteiger partial charge on any atom is -0.497 e. The van der Waals surface area contributed by atoms with Gasteiger partial charge in [-0.1, -0.05) is 24.0 Å². The zero-order chi connectivity index (χ0) is 20.4. The van der Waals surface area contributed by atoms with Crippen LogP contribution in [0.2, 0.25) is 0 Å². The number of rotatable bonds is 5. The van der Waals surface area contributed by atoms with Crippen molar-refractivity contribution in [2.24, 2.45) is 0 Å². The molecule has 0 radical (unpaired) electrons. The van der Waals surface area contributed by atoms with Crippen LogP contribution in [0.4, 0.5) is 11.4 Å². The molecule has 1 saturated heterocycles. The highest BCUT2D eigenvalue weighted by molar-refractivity contribution is 8.27. The fourth-order valence-corrected chi connectivity index (χ4v) is 4.12. The van der Waals surface area contributed by atoms with Gasteiger partial charge in [-0.2, -0.15) is 0 Å². The van der Waals surface area contributed by atoms with Crippen LogP contribution in [0.5, 0.6) is 5.75 Å². The lowest BCUT2D eigenvalue weighted by molar-refractivity contribution is -0.113. The van der Waals surface area contributed by atoms with Crippen LogP contribution in [0.3, 0.4) is 0 Å². The summed E-state index contributed by atoms with van der Waals surface area (Å²) < 4.78 is 11.5. The van der Waals surface area contributed by atoms with Gasteiger partial charge in [-0.25, -0.2) is 0 Å². The number of anilines is 2. The molecule has 0 saturated carbocycles. The van der Waals surface area contributed by atoms with Crippen molar-refractivity contribution in [1.29, 1.82) is 0 Å². The van der Waals surface area contributed by atoms with Gasteiger partial charge in [-0.05, 0) is 60.7 Å². The van der Waals surface area contributed by atoms with Gasteiger partial charge in [0.2, 0.25) is 0 Å². The number of carbonyl (C=O) groups is 1. The highest BCUT2D eigenvalue weighted by atomic mass is 32.2. The lowest BCUT2D eigenvalue weighted by Crippen LogP contribution is -2.27. The van der Waals surface area contributed by atoms with Crippen LogP contribution in [-0.4, -0.2) is 22.5 Å². The van der Waals surface area contributed by atoms with Crippen LogP contribution in [0.1, 0.15) is 5.76 Å². The maximum atomic E-state index is 12.9. The van der Waals surface area contributed by atoms with Crippen molar-refractivity contribution < 1.29 is 19.2 Å². The number of hydrogen-bond acceptors (Lipinski definition) is 7. The molecule has 1 aromatic heterocycles. The molecule has 4 rings (SSSR count). The molecule has 0 spiro atoms. The van der Waals surface area contributed by atoms with E-state index in [9.17, 15) is 4.79 Å². The lowest BCUT2D eigenvalue weighted by Gasteiger charge is -2.14. The molecule has 0 unspecified atom stereocenters. The maximum absolute atomic E-state index is 12.9. The molecular formula is C21H16N2O4S2. The summed E-state index contributed by atoms with van der Waals surface area (Å²) in [4.78, 5) is 14.9. The SMILES string of the molecule is COc1ccc(N2C(=O)/C(=C\c3ccc(-c4ccc(NO)cc4)o3)SC2=S)cc1. The Kier molecular flexibility index (Phi) is 5.39. The molecule has 146 valence electrons. The molecule has 0 atom stereocenters. The van der Waals surface area contributed by atoms with Crippen LogP contribution in [0.15, 0.2) is 70.0 Å². The van der Waals surface area contributed by atoms with E-state index >= 15 is 0 Å². The van der Waals surface area contributed by atoms with Gasteiger partial charge in [0.15, 0.2) is 4.32 Å². The number of benzene rings is 2. The Balaban J connectivity index is 1.56. The molecule has 1 amide bonds. The molecule has 29 heavy (non-hydrogen) atoms. The number of methoxy groups -OCH3 is 1. The average Bonchev–Trinajstić information content (AvgIpc) is 3.33. The van der Waals surface area contributed by atoms with Crippen LogP contribution < -0.4 is 15.1 Å². The molecule has 2 aromatic carbocycles. The van der Waals surface area contributed by atoms with Crippen LogP contribution in [-0.2, 0) is 4.79 Å². The second kappa shape index (κ2) is 8.12. The summed E-state index contributed by atoms with van der Waals surface area (Å²) in [6.45, 7) is 0. The molecule has 8 heteroatoms. The molecule has 1 aliphatic heterocycles. The van der Waals surface area contributed by atoms with Gasteiger partial charge < -0.3 is 9.15 Å². The Bertz CT molecular complexity index is 1090. The quantitative estimate of drug-likeness (QED) is 0.333. The first-order valence-corrected chi connectivity index (χ1v) is 9.84. The third kappa shape index (κ3) is 3.91. The topological polar surface area (TPSA) is 74.9 Å². The van der Waals surface area contributed by atoms with E-state index in [2.05, 4.69) is 5.48 Å². The summed E-state index contributed by atoms with van der Waals surface area (Å²) in [6.07, 6.45) is 1.69. The summed E-state index contributed by atoms with van der Waals surface area (Å²) in [7, 11) is 1.59. The summed E-state index contributed by atoms with van der Waals surface area (Å²) >= 11 is 6.63. The summed E-state index contributed by atoms with van der Waals surface area (Å²) in [6, 6.07) is 17.9. The number of thiocarbonyl (C=S) groups is 1. The Labute approximate surface area is 176 Å². The van der Waals surface area contributed by atoms with Gasteiger partial charge in [-0.3, -0.25) is 20.4 Å². The Hall–Kier alpha value is -3.07. The predicted octanol–water partition coefficient (Wildman–Crippen LogP) is 5.16. The number of nitrogens with one attached hydrogen (secondary N) is 1. The minimum absolute atomic E-state index is 0.193. The highest BCUT2D eigenvalue weighted by Crippen LogP contribution is 2.37. The molecule has 1 fully saturated rings. The Morgan fingerprint density at radius 3 is 2.48 bits per heavy atom. The summed E-state index contributed by atoms with van der Waals surface area (Å²) in [5.41, 5.74) is 4.22. The first kappa shape index (κ1) is 19.3. The fourth-order valence-electron chi connectivity index (χ4n) is 2.85. The van der Waals surface area contributed by atoms with E-state index in [0.717, 1.165) is 5.56 Å². The van der Waals surface area contributed by atoms with Gasteiger partial charge in [0.25, 0.3) is 5.91 Å². The van der Waals surface area contributed by atoms with E-state index in [1.165, 1.54) is 16.7 Å². The van der Waals surface area contributed by atoms with Gasteiger partial charge in [0.05, 0.1) is 23.4 Å². The molecule has 0 aliphatic carbocycles. The van der Waals surface area contributed by atoms with Gasteiger partial charge in [0.1, 0.15) is 17.3 Å². The van der Waals surface area contributed by atoms with Crippen LogP contribution >= 0.6 is 24.0 Å². The first-order chi connectivity index (χ1) is 14.1. The predicted molar refractivity (Wildman–Crippen MR) is 118 cm³/mol. The van der Waals surface area contributed by atoms with Crippen molar-refractivity contribution in [3.05, 3.63) is 71.3 Å². The van der Waals surface area contributed by atoms with Crippen molar-refractivity contribution >= 4 is 51.7 Å². The monoisotopic (exact) mass is 424 g/mol. The Morgan fingerprint density at radius 2 is 1.83 bits per heavy atom. The van der Waals surface area contributed by atoms with E-state index in [1.807, 2.05) is 18.2 Å².